The molecule has 138 valence electrons. The van der Waals surface area contributed by atoms with Gasteiger partial charge in [0.1, 0.15) is 0 Å². The maximum absolute atomic E-state index is 12.2. The molecule has 1 heterocycles. The van der Waals surface area contributed by atoms with Gasteiger partial charge < -0.3 is 4.57 Å². The molecule has 0 aliphatic rings. The third-order valence-corrected chi connectivity index (χ3v) is 4.26. The molecule has 7 nitrogen and oxygen atoms in total. The summed E-state index contributed by atoms with van der Waals surface area (Å²) in [5, 5.41) is 15.9. The van der Waals surface area contributed by atoms with Crippen molar-refractivity contribution in [1.82, 2.24) is 9.99 Å². The average molecular weight is 364 g/mol. The molecule has 0 saturated heterocycles. The molecular weight excluding hydrogens is 344 g/mol. The lowest BCUT2D eigenvalue weighted by Crippen LogP contribution is -2.17. The molecule has 1 N–H and O–H groups in total. The maximum Gasteiger partial charge on any atom is 0.271 e. The van der Waals surface area contributed by atoms with Crippen molar-refractivity contribution in [3.63, 3.8) is 0 Å². The first-order chi connectivity index (χ1) is 13.1. The van der Waals surface area contributed by atoms with Crippen LogP contribution >= 0.6 is 0 Å². The van der Waals surface area contributed by atoms with E-state index >= 15 is 0 Å². The number of amides is 1. The van der Waals surface area contributed by atoms with Gasteiger partial charge in [-0.15, -0.1) is 0 Å². The van der Waals surface area contributed by atoms with Crippen molar-refractivity contribution in [2.75, 3.05) is 0 Å². The topological polar surface area (TPSA) is 89.5 Å². The van der Waals surface area contributed by atoms with Gasteiger partial charge in [0.2, 0.25) is 0 Å². The van der Waals surface area contributed by atoms with Gasteiger partial charge in [0.25, 0.3) is 11.6 Å². The molecule has 1 aromatic heterocycles. The van der Waals surface area contributed by atoms with E-state index in [1.54, 1.807) is 6.21 Å². The second-order valence-electron chi connectivity index (χ2n) is 6.16. The summed E-state index contributed by atoms with van der Waals surface area (Å²) in [5.74, 6) is -0.496. The molecule has 0 atom stereocenters. The number of aromatic nitrogens is 1. The summed E-state index contributed by atoms with van der Waals surface area (Å²) < 4.78 is 2.18. The Morgan fingerprint density at radius 2 is 2.07 bits per heavy atom. The number of nitrogens with zero attached hydrogens (tertiary/aromatic N) is 3. The molecule has 7 heteroatoms. The van der Waals surface area contributed by atoms with Gasteiger partial charge in [-0.05, 0) is 18.6 Å². The molecule has 2 aromatic carbocycles. The number of hydrazone groups is 1. The molecule has 1 amide bonds. The lowest BCUT2D eigenvalue weighted by molar-refractivity contribution is -0.384. The monoisotopic (exact) mass is 364 g/mol. The highest BCUT2D eigenvalue weighted by Crippen LogP contribution is 2.20. The zero-order valence-corrected chi connectivity index (χ0v) is 15.0. The number of nitro groups is 1. The van der Waals surface area contributed by atoms with E-state index in [1.165, 1.54) is 24.3 Å². The van der Waals surface area contributed by atoms with Crippen LogP contribution in [0, 0.1) is 10.1 Å². The summed E-state index contributed by atoms with van der Waals surface area (Å²) in [5.41, 5.74) is 4.51. The molecule has 0 aliphatic carbocycles. The van der Waals surface area contributed by atoms with Crippen LogP contribution in [0.5, 0.6) is 0 Å². The molecule has 0 fully saturated rings. The molecule has 0 spiro atoms. The van der Waals surface area contributed by atoms with Crippen molar-refractivity contribution in [2.45, 2.75) is 26.3 Å². The molecule has 0 saturated carbocycles. The number of nitrogens with one attached hydrogen (secondary N) is 1. The van der Waals surface area contributed by atoms with Gasteiger partial charge in [0, 0.05) is 46.9 Å². The predicted octanol–water partition coefficient (Wildman–Crippen LogP) is 4.11. The van der Waals surface area contributed by atoms with Gasteiger partial charge in [-0.2, -0.15) is 5.10 Å². The average Bonchev–Trinajstić information content (AvgIpc) is 3.04. The van der Waals surface area contributed by atoms with Crippen molar-refractivity contribution in [3.8, 4) is 0 Å². The number of rotatable bonds is 7. The highest BCUT2D eigenvalue weighted by atomic mass is 16.6. The first-order valence-corrected chi connectivity index (χ1v) is 8.76. The van der Waals surface area contributed by atoms with Crippen molar-refractivity contribution in [2.24, 2.45) is 5.10 Å². The van der Waals surface area contributed by atoms with Crippen molar-refractivity contribution in [1.29, 1.82) is 0 Å². The number of nitro benzene ring substituents is 1. The third-order valence-electron chi connectivity index (χ3n) is 4.26. The minimum atomic E-state index is -0.537. The third kappa shape index (κ3) is 4.20. The Kier molecular flexibility index (Phi) is 5.61. The van der Waals surface area contributed by atoms with Crippen LogP contribution in [0.1, 0.15) is 35.7 Å². The van der Waals surface area contributed by atoms with Crippen LogP contribution in [-0.4, -0.2) is 21.6 Å². The van der Waals surface area contributed by atoms with Crippen LogP contribution in [0.4, 0.5) is 5.69 Å². The zero-order valence-electron chi connectivity index (χ0n) is 15.0. The normalized spacial score (nSPS) is 11.1. The maximum atomic E-state index is 12.2. The number of non-ortho nitro benzene ring substituents is 1. The summed E-state index contributed by atoms with van der Waals surface area (Å²) in [4.78, 5) is 22.4. The Balaban J connectivity index is 1.77. The quantitative estimate of drug-likeness (QED) is 0.388. The highest BCUT2D eigenvalue weighted by Gasteiger charge is 2.11. The Bertz CT molecular complexity index is 1010. The van der Waals surface area contributed by atoms with Crippen LogP contribution in [0.3, 0.4) is 0 Å². The smallest absolute Gasteiger partial charge is 0.271 e. The molecule has 0 radical (unpaired) electrons. The number of benzene rings is 2. The van der Waals surface area contributed by atoms with Crippen LogP contribution in [0.15, 0.2) is 59.8 Å². The first-order valence-electron chi connectivity index (χ1n) is 8.76. The number of unbranched alkanes of at least 4 members (excludes halogenated alkanes) is 1. The number of aryl methyl sites for hydroxylation is 1. The summed E-state index contributed by atoms with van der Waals surface area (Å²) >= 11 is 0. The van der Waals surface area contributed by atoms with E-state index in [9.17, 15) is 14.9 Å². The molecule has 0 unspecified atom stereocenters. The Labute approximate surface area is 156 Å². The number of fused-ring (bicyclic) bond motifs is 1. The summed E-state index contributed by atoms with van der Waals surface area (Å²) in [6, 6.07) is 13.6. The van der Waals surface area contributed by atoms with Crippen molar-refractivity contribution < 1.29 is 9.72 Å². The molecule has 3 rings (SSSR count). The van der Waals surface area contributed by atoms with Crippen LogP contribution in [0.25, 0.3) is 10.9 Å². The number of carbonyl (C=O) groups excluding carboxylic acids is 1. The fraction of sp³-hybridized carbons (Fsp3) is 0.200. The van der Waals surface area contributed by atoms with Gasteiger partial charge in [-0.1, -0.05) is 37.6 Å². The lowest BCUT2D eigenvalue weighted by atomic mass is 10.2. The van der Waals surface area contributed by atoms with E-state index in [1.807, 2.05) is 24.4 Å². The summed E-state index contributed by atoms with van der Waals surface area (Å²) in [7, 11) is 0. The highest BCUT2D eigenvalue weighted by molar-refractivity contribution is 6.00. The predicted molar refractivity (Wildman–Crippen MR) is 105 cm³/mol. The number of carbonyl (C=O) groups is 1. The SMILES string of the molecule is CCCCn1cc(/C=N\NC(=O)c2cccc([N+](=O)[O-])c2)c2ccccc21. The van der Waals surface area contributed by atoms with Gasteiger partial charge >= 0.3 is 0 Å². The second kappa shape index (κ2) is 8.27. The fourth-order valence-electron chi connectivity index (χ4n) is 2.88. The van der Waals surface area contributed by atoms with Crippen molar-refractivity contribution in [3.05, 3.63) is 76.0 Å². The Morgan fingerprint density at radius 3 is 2.85 bits per heavy atom. The molecule has 0 aliphatic heterocycles. The number of hydrogen-bond donors (Lipinski definition) is 1. The molecule has 0 bridgehead atoms. The van der Waals surface area contributed by atoms with Gasteiger partial charge in [0.15, 0.2) is 0 Å². The van der Waals surface area contributed by atoms with Crippen molar-refractivity contribution >= 4 is 28.7 Å². The zero-order chi connectivity index (χ0) is 19.2. The second-order valence-corrected chi connectivity index (χ2v) is 6.16. The fourth-order valence-corrected chi connectivity index (χ4v) is 2.88. The largest absolute Gasteiger partial charge is 0.347 e. The van der Waals surface area contributed by atoms with Crippen LogP contribution < -0.4 is 5.43 Å². The van der Waals surface area contributed by atoms with Gasteiger partial charge in [-0.3, -0.25) is 14.9 Å². The van der Waals surface area contributed by atoms with E-state index in [4.69, 9.17) is 0 Å². The van der Waals surface area contributed by atoms with Crippen LogP contribution in [-0.2, 0) is 6.54 Å². The number of para-hydroxylation sites is 1. The van der Waals surface area contributed by atoms with E-state index < -0.39 is 10.8 Å². The minimum Gasteiger partial charge on any atom is -0.347 e. The van der Waals surface area contributed by atoms with E-state index in [0.29, 0.717) is 0 Å². The Morgan fingerprint density at radius 1 is 1.26 bits per heavy atom. The minimum absolute atomic E-state index is 0.134. The summed E-state index contributed by atoms with van der Waals surface area (Å²) in [6.07, 6.45) is 5.80. The van der Waals surface area contributed by atoms with E-state index in [0.717, 1.165) is 35.9 Å². The van der Waals surface area contributed by atoms with Crippen LogP contribution in [0.2, 0.25) is 0 Å². The van der Waals surface area contributed by atoms with Gasteiger partial charge in [0.05, 0.1) is 11.1 Å². The lowest BCUT2D eigenvalue weighted by Gasteiger charge is -2.02. The number of hydrogen-bond acceptors (Lipinski definition) is 4. The standard InChI is InChI=1S/C20H20N4O3/c1-2-3-11-23-14-16(18-9-4-5-10-19(18)23)13-21-22-20(25)15-7-6-8-17(12-15)24(26)27/h4-10,12-14H,2-3,11H2,1H3,(H,22,25)/b21-13-. The molecule has 27 heavy (non-hydrogen) atoms. The van der Waals surface area contributed by atoms with E-state index in [2.05, 4.69) is 28.1 Å². The first kappa shape index (κ1) is 18.3. The molecule has 3 aromatic rings. The van der Waals surface area contributed by atoms with E-state index in [-0.39, 0.29) is 11.3 Å². The summed E-state index contributed by atoms with van der Waals surface area (Å²) in [6.45, 7) is 3.07. The Hall–Kier alpha value is -3.48. The van der Waals surface area contributed by atoms with Gasteiger partial charge in [-0.25, -0.2) is 5.43 Å². The molecular formula is C20H20N4O3.